The van der Waals surface area contributed by atoms with Crippen molar-refractivity contribution in [3.05, 3.63) is 18.0 Å². The molecule has 1 aromatic rings. The zero-order valence-electron chi connectivity index (χ0n) is 6.92. The van der Waals surface area contributed by atoms with E-state index in [1.807, 2.05) is 6.92 Å². The first kappa shape index (κ1) is 7.85. The molecule has 0 fully saturated rings. The van der Waals surface area contributed by atoms with Crippen LogP contribution in [-0.4, -0.2) is 19.2 Å². The summed E-state index contributed by atoms with van der Waals surface area (Å²) < 4.78 is 10.1. The Morgan fingerprint density at radius 3 is 1.91 bits per heavy atom. The lowest BCUT2D eigenvalue weighted by Crippen LogP contribution is -1.92. The van der Waals surface area contributed by atoms with Crippen LogP contribution in [0.2, 0.25) is 0 Å². The number of aromatic nitrogens is 1. The van der Waals surface area contributed by atoms with Crippen LogP contribution in [-0.2, 0) is 0 Å². The van der Waals surface area contributed by atoms with Gasteiger partial charge in [-0.25, -0.2) is 0 Å². The molecule has 0 amide bonds. The van der Waals surface area contributed by atoms with Crippen molar-refractivity contribution >= 4 is 0 Å². The Bertz CT molecular complexity index is 226. The number of ether oxygens (including phenoxy) is 2. The van der Waals surface area contributed by atoms with Crippen LogP contribution < -0.4 is 9.47 Å². The molecule has 0 spiro atoms. The second-order valence-corrected chi connectivity index (χ2v) is 2.17. The summed E-state index contributed by atoms with van der Waals surface area (Å²) in [4.78, 5) is 3.94. The summed E-state index contributed by atoms with van der Waals surface area (Å²) in [7, 11) is 3.23. The van der Waals surface area contributed by atoms with Crippen LogP contribution in [0.25, 0.3) is 0 Å². The first-order valence-corrected chi connectivity index (χ1v) is 3.32. The van der Waals surface area contributed by atoms with E-state index in [1.165, 1.54) is 0 Å². The lowest BCUT2D eigenvalue weighted by atomic mass is 10.2. The summed E-state index contributed by atoms with van der Waals surface area (Å²) >= 11 is 0. The van der Waals surface area contributed by atoms with Gasteiger partial charge in [-0.3, -0.25) is 4.98 Å². The van der Waals surface area contributed by atoms with Gasteiger partial charge in [-0.05, 0) is 6.92 Å². The van der Waals surface area contributed by atoms with E-state index in [0.717, 1.165) is 17.1 Å². The summed E-state index contributed by atoms with van der Waals surface area (Å²) in [6, 6.07) is 0. The minimum Gasteiger partial charge on any atom is -0.495 e. The fourth-order valence-electron chi connectivity index (χ4n) is 0.899. The third-order valence-electron chi connectivity index (χ3n) is 1.56. The normalized spacial score (nSPS) is 9.36. The van der Waals surface area contributed by atoms with E-state index < -0.39 is 0 Å². The second-order valence-electron chi connectivity index (χ2n) is 2.17. The lowest BCUT2D eigenvalue weighted by Gasteiger charge is -2.06. The van der Waals surface area contributed by atoms with Gasteiger partial charge >= 0.3 is 0 Å². The topological polar surface area (TPSA) is 31.4 Å². The van der Waals surface area contributed by atoms with Gasteiger partial charge in [-0.15, -0.1) is 0 Å². The average molecular weight is 153 g/mol. The van der Waals surface area contributed by atoms with Gasteiger partial charge in [0.15, 0.2) is 0 Å². The van der Waals surface area contributed by atoms with Crippen molar-refractivity contribution in [1.29, 1.82) is 0 Å². The molecule has 0 aliphatic carbocycles. The number of hydrogen-bond acceptors (Lipinski definition) is 3. The maximum absolute atomic E-state index is 5.04. The molecule has 1 rings (SSSR count). The highest BCUT2D eigenvalue weighted by molar-refractivity contribution is 5.39. The Hall–Kier alpha value is -1.25. The monoisotopic (exact) mass is 153 g/mol. The maximum atomic E-state index is 5.04. The van der Waals surface area contributed by atoms with Crippen molar-refractivity contribution in [3.8, 4) is 11.5 Å². The number of nitrogens with zero attached hydrogens (tertiary/aromatic N) is 1. The highest BCUT2D eigenvalue weighted by Crippen LogP contribution is 2.24. The van der Waals surface area contributed by atoms with E-state index in [4.69, 9.17) is 9.47 Å². The largest absolute Gasteiger partial charge is 0.495 e. The highest BCUT2D eigenvalue weighted by Gasteiger charge is 2.03. The predicted octanol–water partition coefficient (Wildman–Crippen LogP) is 1.41. The Morgan fingerprint density at radius 2 is 1.55 bits per heavy atom. The number of hydrogen-bond donors (Lipinski definition) is 0. The fraction of sp³-hybridized carbons (Fsp3) is 0.375. The van der Waals surface area contributed by atoms with Crippen molar-refractivity contribution in [1.82, 2.24) is 4.98 Å². The molecule has 0 saturated carbocycles. The molecule has 0 saturated heterocycles. The van der Waals surface area contributed by atoms with Gasteiger partial charge in [-0.2, -0.15) is 0 Å². The molecular formula is C8H11NO2. The molecular weight excluding hydrogens is 142 g/mol. The van der Waals surface area contributed by atoms with Crippen LogP contribution in [0.4, 0.5) is 0 Å². The Kier molecular flexibility index (Phi) is 2.31. The van der Waals surface area contributed by atoms with Crippen molar-refractivity contribution in [3.63, 3.8) is 0 Å². The standard InChI is InChI=1S/C8H11NO2/c1-6-7(10-2)4-9-5-8(6)11-3/h4-5H,1-3H3. The van der Waals surface area contributed by atoms with Crippen LogP contribution in [0.15, 0.2) is 12.4 Å². The van der Waals surface area contributed by atoms with Gasteiger partial charge < -0.3 is 9.47 Å². The molecule has 0 aliphatic rings. The molecule has 11 heavy (non-hydrogen) atoms. The number of methoxy groups -OCH3 is 2. The minimum atomic E-state index is 0.754. The third-order valence-corrected chi connectivity index (χ3v) is 1.56. The van der Waals surface area contributed by atoms with Crippen molar-refractivity contribution in [2.45, 2.75) is 6.92 Å². The van der Waals surface area contributed by atoms with Gasteiger partial charge in [-0.1, -0.05) is 0 Å². The molecule has 0 N–H and O–H groups in total. The summed E-state index contributed by atoms with van der Waals surface area (Å²) in [5.74, 6) is 1.51. The summed E-state index contributed by atoms with van der Waals surface area (Å²) in [5.41, 5.74) is 0.977. The van der Waals surface area contributed by atoms with E-state index in [0.29, 0.717) is 0 Å². The van der Waals surface area contributed by atoms with E-state index in [2.05, 4.69) is 4.98 Å². The molecule has 0 aliphatic heterocycles. The van der Waals surface area contributed by atoms with Crippen LogP contribution in [0.3, 0.4) is 0 Å². The molecule has 3 nitrogen and oxygen atoms in total. The second kappa shape index (κ2) is 3.23. The van der Waals surface area contributed by atoms with Gasteiger partial charge in [0, 0.05) is 5.56 Å². The number of rotatable bonds is 2. The van der Waals surface area contributed by atoms with Crippen molar-refractivity contribution < 1.29 is 9.47 Å². The van der Waals surface area contributed by atoms with Crippen LogP contribution in [0.1, 0.15) is 5.56 Å². The van der Waals surface area contributed by atoms with E-state index in [-0.39, 0.29) is 0 Å². The molecule has 1 heterocycles. The quantitative estimate of drug-likeness (QED) is 0.643. The molecule has 1 aromatic heterocycles. The van der Waals surface area contributed by atoms with Gasteiger partial charge in [0.2, 0.25) is 0 Å². The van der Waals surface area contributed by atoms with Gasteiger partial charge in [0.25, 0.3) is 0 Å². The molecule has 0 atom stereocenters. The Balaban J connectivity index is 3.10. The zero-order chi connectivity index (χ0) is 8.27. The third kappa shape index (κ3) is 1.42. The van der Waals surface area contributed by atoms with Crippen molar-refractivity contribution in [2.24, 2.45) is 0 Å². The summed E-state index contributed by atoms with van der Waals surface area (Å²) in [6.07, 6.45) is 3.33. The van der Waals surface area contributed by atoms with Gasteiger partial charge in [0.05, 0.1) is 26.6 Å². The minimum absolute atomic E-state index is 0.754. The summed E-state index contributed by atoms with van der Waals surface area (Å²) in [5, 5.41) is 0. The lowest BCUT2D eigenvalue weighted by molar-refractivity contribution is 0.385. The van der Waals surface area contributed by atoms with E-state index >= 15 is 0 Å². The Morgan fingerprint density at radius 1 is 1.09 bits per heavy atom. The SMILES string of the molecule is COc1cncc(OC)c1C. The molecule has 0 bridgehead atoms. The zero-order valence-corrected chi connectivity index (χ0v) is 6.92. The van der Waals surface area contributed by atoms with Crippen LogP contribution in [0, 0.1) is 6.92 Å². The first-order valence-electron chi connectivity index (χ1n) is 3.32. The van der Waals surface area contributed by atoms with Crippen molar-refractivity contribution in [2.75, 3.05) is 14.2 Å². The van der Waals surface area contributed by atoms with Crippen LogP contribution in [0.5, 0.6) is 11.5 Å². The highest BCUT2D eigenvalue weighted by atomic mass is 16.5. The molecule has 3 heteroatoms. The maximum Gasteiger partial charge on any atom is 0.143 e. The van der Waals surface area contributed by atoms with Gasteiger partial charge in [0.1, 0.15) is 11.5 Å². The number of pyridine rings is 1. The Labute approximate surface area is 66.0 Å². The molecule has 0 radical (unpaired) electrons. The predicted molar refractivity (Wildman–Crippen MR) is 42.1 cm³/mol. The van der Waals surface area contributed by atoms with E-state index in [9.17, 15) is 0 Å². The fourth-order valence-corrected chi connectivity index (χ4v) is 0.899. The first-order chi connectivity index (χ1) is 5.29. The molecule has 0 aromatic carbocycles. The average Bonchev–Trinajstić information content (AvgIpc) is 2.05. The molecule has 0 unspecified atom stereocenters. The van der Waals surface area contributed by atoms with Crippen LogP contribution >= 0.6 is 0 Å². The molecule has 60 valence electrons. The smallest absolute Gasteiger partial charge is 0.143 e. The summed E-state index contributed by atoms with van der Waals surface area (Å²) in [6.45, 7) is 1.93. The van der Waals surface area contributed by atoms with E-state index in [1.54, 1.807) is 26.6 Å².